The van der Waals surface area contributed by atoms with Crippen LogP contribution in [-0.2, 0) is 9.47 Å². The number of rotatable bonds is 7. The van der Waals surface area contributed by atoms with Gasteiger partial charge in [0.25, 0.3) is 0 Å². The zero-order valence-corrected chi connectivity index (χ0v) is 7.11. The monoisotopic (exact) mass is 176 g/mol. The van der Waals surface area contributed by atoms with Crippen LogP contribution in [0.1, 0.15) is 0 Å². The van der Waals surface area contributed by atoms with Crippen molar-refractivity contribution < 1.29 is 19.7 Å². The van der Waals surface area contributed by atoms with E-state index in [1.165, 1.54) is 0 Å². The van der Waals surface area contributed by atoms with Crippen LogP contribution in [0, 0.1) is 13.8 Å². The molecule has 4 heteroatoms. The largest absolute Gasteiger partial charge is 0.391 e. The van der Waals surface area contributed by atoms with Gasteiger partial charge in [0.1, 0.15) is 0 Å². The van der Waals surface area contributed by atoms with Crippen molar-refractivity contribution in [1.29, 1.82) is 0 Å². The summed E-state index contributed by atoms with van der Waals surface area (Å²) in [7, 11) is 0. The zero-order valence-electron chi connectivity index (χ0n) is 7.11. The Bertz CT molecular complexity index is 81.1. The van der Waals surface area contributed by atoms with E-state index in [9.17, 15) is 0 Å². The number of aliphatic hydroxyl groups excluding tert-OH is 2. The number of hydrogen-bond acceptors (Lipinski definition) is 4. The summed E-state index contributed by atoms with van der Waals surface area (Å²) in [6, 6.07) is 0. The van der Waals surface area contributed by atoms with Gasteiger partial charge in [-0.15, -0.1) is 0 Å². The summed E-state index contributed by atoms with van der Waals surface area (Å²) in [6.45, 7) is 7.83. The minimum Gasteiger partial charge on any atom is -0.391 e. The molecule has 0 saturated heterocycles. The van der Waals surface area contributed by atoms with Crippen molar-refractivity contribution >= 4 is 0 Å². The van der Waals surface area contributed by atoms with E-state index in [2.05, 4.69) is 13.8 Å². The second kappa shape index (κ2) is 7.49. The molecule has 0 heterocycles. The van der Waals surface area contributed by atoms with Crippen LogP contribution in [0.2, 0.25) is 0 Å². The molecular weight excluding hydrogens is 160 g/mol. The molecule has 0 bridgehead atoms. The van der Waals surface area contributed by atoms with E-state index >= 15 is 0 Å². The van der Waals surface area contributed by atoms with Crippen LogP contribution in [0.5, 0.6) is 0 Å². The van der Waals surface area contributed by atoms with Crippen molar-refractivity contribution in [2.45, 2.75) is 12.2 Å². The fourth-order valence-corrected chi connectivity index (χ4v) is 0.557. The molecule has 0 aromatic heterocycles. The first-order chi connectivity index (χ1) is 5.63. The predicted molar refractivity (Wildman–Crippen MR) is 44.4 cm³/mol. The van der Waals surface area contributed by atoms with Gasteiger partial charge in [0, 0.05) is 0 Å². The van der Waals surface area contributed by atoms with Crippen LogP contribution in [0.4, 0.5) is 0 Å². The van der Waals surface area contributed by atoms with Gasteiger partial charge in [-0.3, -0.25) is 0 Å². The molecule has 2 unspecified atom stereocenters. The Labute approximate surface area is 73.1 Å². The van der Waals surface area contributed by atoms with Crippen molar-refractivity contribution in [3.05, 3.63) is 13.8 Å². The maximum Gasteiger partial charge on any atom is 0.0774 e. The standard InChI is InChI=1S/C8H16O4/c1-7(9)5-11-3-4-12-6-8(2)10/h7-10H,1-6H2. The van der Waals surface area contributed by atoms with Crippen molar-refractivity contribution in [3.63, 3.8) is 0 Å². The highest BCUT2D eigenvalue weighted by atomic mass is 16.5. The average molecular weight is 176 g/mol. The molecule has 4 nitrogen and oxygen atoms in total. The summed E-state index contributed by atoms with van der Waals surface area (Å²) in [4.78, 5) is 0. The number of ether oxygens (including phenoxy) is 2. The van der Waals surface area contributed by atoms with Crippen LogP contribution in [-0.4, -0.2) is 48.8 Å². The van der Waals surface area contributed by atoms with Gasteiger partial charge in [-0.2, -0.15) is 0 Å². The molecule has 2 atom stereocenters. The van der Waals surface area contributed by atoms with Crippen molar-refractivity contribution in [2.75, 3.05) is 26.4 Å². The van der Waals surface area contributed by atoms with Gasteiger partial charge in [0.15, 0.2) is 0 Å². The number of hydrogen-bond donors (Lipinski definition) is 2. The van der Waals surface area contributed by atoms with Crippen LogP contribution < -0.4 is 0 Å². The van der Waals surface area contributed by atoms with Crippen LogP contribution >= 0.6 is 0 Å². The summed E-state index contributed by atoms with van der Waals surface area (Å²) in [6.07, 6.45) is -1.38. The van der Waals surface area contributed by atoms with Gasteiger partial charge in [-0.1, -0.05) is 0 Å². The summed E-state index contributed by atoms with van der Waals surface area (Å²) < 4.78 is 9.87. The topological polar surface area (TPSA) is 58.9 Å². The van der Waals surface area contributed by atoms with E-state index in [0.717, 1.165) is 0 Å². The Morgan fingerprint density at radius 1 is 0.917 bits per heavy atom. The third-order valence-corrected chi connectivity index (χ3v) is 0.992. The van der Waals surface area contributed by atoms with Gasteiger partial charge in [-0.25, -0.2) is 0 Å². The molecule has 2 radical (unpaired) electrons. The summed E-state index contributed by atoms with van der Waals surface area (Å²) in [5, 5.41) is 17.3. The molecule has 12 heavy (non-hydrogen) atoms. The summed E-state index contributed by atoms with van der Waals surface area (Å²) in [5.74, 6) is 0. The quantitative estimate of drug-likeness (QED) is 0.509. The lowest BCUT2D eigenvalue weighted by atomic mass is 10.4. The minimum atomic E-state index is -0.691. The lowest BCUT2D eigenvalue weighted by Gasteiger charge is -2.07. The molecule has 72 valence electrons. The van der Waals surface area contributed by atoms with Gasteiger partial charge in [0.05, 0.1) is 38.6 Å². The normalized spacial score (nSPS) is 16.0. The average Bonchev–Trinajstić information content (AvgIpc) is 1.95. The molecule has 0 aliphatic rings. The Balaban J connectivity index is 2.91. The minimum absolute atomic E-state index is 0.205. The van der Waals surface area contributed by atoms with E-state index in [1.807, 2.05) is 0 Å². The number of aliphatic hydroxyl groups is 2. The maximum absolute atomic E-state index is 8.67. The van der Waals surface area contributed by atoms with E-state index in [0.29, 0.717) is 13.2 Å². The smallest absolute Gasteiger partial charge is 0.0774 e. The van der Waals surface area contributed by atoms with Gasteiger partial charge < -0.3 is 19.7 Å². The van der Waals surface area contributed by atoms with Crippen molar-refractivity contribution in [2.24, 2.45) is 0 Å². The van der Waals surface area contributed by atoms with Gasteiger partial charge >= 0.3 is 0 Å². The van der Waals surface area contributed by atoms with Gasteiger partial charge in [-0.05, 0) is 13.8 Å². The molecule has 0 spiro atoms. The first-order valence-corrected chi connectivity index (χ1v) is 3.80. The Hall–Kier alpha value is -0.160. The van der Waals surface area contributed by atoms with Crippen molar-refractivity contribution in [3.8, 4) is 0 Å². The molecule has 0 amide bonds. The fraction of sp³-hybridized carbons (Fsp3) is 0.750. The van der Waals surface area contributed by atoms with E-state index < -0.39 is 12.2 Å². The summed E-state index contributed by atoms with van der Waals surface area (Å²) in [5.41, 5.74) is 0. The van der Waals surface area contributed by atoms with Gasteiger partial charge in [0.2, 0.25) is 0 Å². The highest BCUT2D eigenvalue weighted by Gasteiger charge is 1.96. The predicted octanol–water partition coefficient (Wildman–Crippen LogP) is -0.590. The first kappa shape index (κ1) is 11.8. The maximum atomic E-state index is 8.67. The van der Waals surface area contributed by atoms with E-state index in [-0.39, 0.29) is 13.2 Å². The molecule has 0 rings (SSSR count). The lowest BCUT2D eigenvalue weighted by molar-refractivity contribution is -0.00160. The third kappa shape index (κ3) is 9.84. The molecule has 0 aromatic carbocycles. The SMILES string of the molecule is [CH2]C(O)COCCOCC([CH2])O. The van der Waals surface area contributed by atoms with Crippen LogP contribution in [0.15, 0.2) is 0 Å². The molecule has 0 aliphatic carbocycles. The second-order valence-electron chi connectivity index (χ2n) is 2.46. The first-order valence-electron chi connectivity index (χ1n) is 3.80. The Kier molecular flexibility index (Phi) is 7.39. The van der Waals surface area contributed by atoms with Crippen LogP contribution in [0.3, 0.4) is 0 Å². The zero-order chi connectivity index (χ0) is 9.40. The fourth-order valence-electron chi connectivity index (χ4n) is 0.557. The highest BCUT2D eigenvalue weighted by Crippen LogP contribution is 1.85. The second-order valence-corrected chi connectivity index (χ2v) is 2.46. The Morgan fingerprint density at radius 3 is 1.50 bits per heavy atom. The van der Waals surface area contributed by atoms with Crippen LogP contribution in [0.25, 0.3) is 0 Å². The molecule has 0 fully saturated rings. The molecule has 0 saturated carbocycles. The molecular formula is C8H16O4. The Morgan fingerprint density at radius 2 is 1.25 bits per heavy atom. The molecule has 0 aromatic rings. The van der Waals surface area contributed by atoms with E-state index in [1.54, 1.807) is 0 Å². The summed E-state index contributed by atoms with van der Waals surface area (Å²) >= 11 is 0. The third-order valence-electron chi connectivity index (χ3n) is 0.992. The van der Waals surface area contributed by atoms with E-state index in [4.69, 9.17) is 19.7 Å². The van der Waals surface area contributed by atoms with Crippen molar-refractivity contribution in [1.82, 2.24) is 0 Å². The molecule has 2 N–H and O–H groups in total. The lowest BCUT2D eigenvalue weighted by Crippen LogP contribution is -2.16. The highest BCUT2D eigenvalue weighted by molar-refractivity contribution is 4.54. The molecule has 0 aliphatic heterocycles.